The van der Waals surface area contributed by atoms with Crippen molar-refractivity contribution in [3.05, 3.63) is 23.8 Å². The summed E-state index contributed by atoms with van der Waals surface area (Å²) in [6, 6.07) is -2.12. The molecule has 4 atom stereocenters. The van der Waals surface area contributed by atoms with Gasteiger partial charge in [-0.2, -0.15) is 0 Å². The van der Waals surface area contributed by atoms with E-state index in [-0.39, 0.29) is 11.4 Å². The van der Waals surface area contributed by atoms with Gasteiger partial charge in [0.2, 0.25) is 0 Å². The molecule has 0 saturated heterocycles. The summed E-state index contributed by atoms with van der Waals surface area (Å²) in [5.41, 5.74) is -0.334. The van der Waals surface area contributed by atoms with Crippen LogP contribution < -0.4 is 0 Å². The predicted octanol–water partition coefficient (Wildman–Crippen LogP) is -3.95. The van der Waals surface area contributed by atoms with Crippen molar-refractivity contribution in [3.8, 4) is 0 Å². The Labute approximate surface area is 161 Å². The van der Waals surface area contributed by atoms with Crippen LogP contribution in [0.25, 0.3) is 0 Å². The number of hydrogen-bond acceptors (Lipinski definition) is 10. The summed E-state index contributed by atoms with van der Waals surface area (Å²) in [5, 5.41) is 55.9. The van der Waals surface area contributed by atoms with E-state index in [4.69, 9.17) is 10.2 Å². The van der Waals surface area contributed by atoms with Gasteiger partial charge in [-0.15, -0.1) is 0 Å². The lowest BCUT2D eigenvalue weighted by molar-refractivity contribution is -0.00119. The number of amides is 2. The van der Waals surface area contributed by atoms with Gasteiger partial charge in [-0.1, -0.05) is 0 Å². The molecule has 1 aromatic heterocycles. The molecule has 12 nitrogen and oxygen atoms in total. The fourth-order valence-electron chi connectivity index (χ4n) is 2.46. The second-order valence-electron chi connectivity index (χ2n) is 6.12. The first-order valence-corrected chi connectivity index (χ1v) is 8.39. The second-order valence-corrected chi connectivity index (χ2v) is 6.12. The largest absolute Gasteiger partial charge is 0.394 e. The number of nitrogens with zero attached hydrogens (tertiary/aromatic N) is 4. The van der Waals surface area contributed by atoms with Crippen molar-refractivity contribution in [2.45, 2.75) is 24.3 Å². The third-order valence-corrected chi connectivity index (χ3v) is 4.36. The molecule has 2 amide bonds. The molecule has 12 heteroatoms. The highest BCUT2D eigenvalue weighted by Gasteiger charge is 2.29. The van der Waals surface area contributed by atoms with E-state index >= 15 is 0 Å². The Morgan fingerprint density at radius 3 is 1.32 bits per heavy atom. The van der Waals surface area contributed by atoms with Crippen molar-refractivity contribution < 1.29 is 40.2 Å². The fraction of sp³-hybridized carbons (Fsp3) is 0.625. The van der Waals surface area contributed by atoms with Crippen molar-refractivity contribution in [1.29, 1.82) is 0 Å². The first-order valence-electron chi connectivity index (χ1n) is 8.39. The molecule has 0 aromatic carbocycles. The predicted molar refractivity (Wildman–Crippen MR) is 94.2 cm³/mol. The summed E-state index contributed by atoms with van der Waals surface area (Å²) in [6.07, 6.45) is -0.656. The summed E-state index contributed by atoms with van der Waals surface area (Å²) in [4.78, 5) is 34.5. The van der Waals surface area contributed by atoms with E-state index in [1.165, 1.54) is 14.1 Å². The van der Waals surface area contributed by atoms with Crippen molar-refractivity contribution in [3.63, 3.8) is 0 Å². The lowest BCUT2D eigenvalue weighted by atomic mass is 10.1. The second kappa shape index (κ2) is 10.9. The maximum Gasteiger partial charge on any atom is 0.274 e. The minimum atomic E-state index is -1.35. The summed E-state index contributed by atoms with van der Waals surface area (Å²) < 4.78 is 0. The van der Waals surface area contributed by atoms with Gasteiger partial charge >= 0.3 is 0 Å². The van der Waals surface area contributed by atoms with Crippen LogP contribution in [0.4, 0.5) is 0 Å². The zero-order chi connectivity index (χ0) is 21.4. The van der Waals surface area contributed by atoms with Crippen LogP contribution in [0.15, 0.2) is 12.4 Å². The van der Waals surface area contributed by atoms with E-state index in [1.807, 2.05) is 0 Å². The van der Waals surface area contributed by atoms with E-state index in [2.05, 4.69) is 9.97 Å². The number of aliphatic hydroxyl groups excluding tert-OH is 6. The number of likely N-dealkylation sites (N-methyl/N-ethyl adjacent to an activating group) is 2. The number of aromatic nitrogens is 2. The molecule has 28 heavy (non-hydrogen) atoms. The molecule has 0 spiro atoms. The SMILES string of the molecule is CN(C(=O)c1cnc(C(=O)N(C)C(CO)C(O)CO)cn1)C(CO)C(O)CO. The average molecular weight is 402 g/mol. The summed E-state index contributed by atoms with van der Waals surface area (Å²) >= 11 is 0. The normalized spacial score (nSPS) is 15.4. The Morgan fingerprint density at radius 2 is 1.11 bits per heavy atom. The molecule has 0 fully saturated rings. The Morgan fingerprint density at radius 1 is 0.786 bits per heavy atom. The minimum absolute atomic E-state index is 0.167. The third kappa shape index (κ3) is 5.41. The van der Waals surface area contributed by atoms with Gasteiger partial charge in [0, 0.05) is 14.1 Å². The number of carbonyl (C=O) groups is 2. The lowest BCUT2D eigenvalue weighted by Gasteiger charge is -2.30. The van der Waals surface area contributed by atoms with Crippen LogP contribution in [0, 0.1) is 0 Å². The zero-order valence-corrected chi connectivity index (χ0v) is 15.6. The smallest absolute Gasteiger partial charge is 0.274 e. The molecular weight excluding hydrogens is 376 g/mol. The van der Waals surface area contributed by atoms with Crippen molar-refractivity contribution >= 4 is 11.8 Å². The van der Waals surface area contributed by atoms with Crippen LogP contribution in [0.3, 0.4) is 0 Å². The van der Waals surface area contributed by atoms with Crippen molar-refractivity contribution in [1.82, 2.24) is 19.8 Å². The standard InChI is InChI=1S/C16H26N4O8/c1-19(11(5-21)13(25)7-23)15(27)9-3-18-10(4-17-9)16(28)20(2)12(6-22)14(26)8-24/h3-4,11-14,21-26H,5-8H2,1-2H3. The molecule has 0 aliphatic heterocycles. The molecule has 0 aliphatic carbocycles. The average Bonchev–Trinajstić information content (AvgIpc) is 2.72. The molecule has 0 aliphatic rings. The molecule has 1 rings (SSSR count). The van der Waals surface area contributed by atoms with Gasteiger partial charge in [0.15, 0.2) is 0 Å². The van der Waals surface area contributed by atoms with E-state index < -0.39 is 62.5 Å². The first kappa shape index (κ1) is 23.8. The van der Waals surface area contributed by atoms with Crippen LogP contribution in [0.1, 0.15) is 21.0 Å². The van der Waals surface area contributed by atoms with Crippen LogP contribution in [-0.2, 0) is 0 Å². The molecule has 1 aromatic rings. The van der Waals surface area contributed by atoms with Gasteiger partial charge < -0.3 is 40.4 Å². The molecule has 0 radical (unpaired) electrons. The zero-order valence-electron chi connectivity index (χ0n) is 15.6. The molecule has 158 valence electrons. The number of rotatable bonds is 10. The van der Waals surface area contributed by atoms with E-state index in [9.17, 15) is 30.0 Å². The monoisotopic (exact) mass is 402 g/mol. The van der Waals surface area contributed by atoms with Gasteiger partial charge in [0.05, 0.1) is 63.1 Å². The topological polar surface area (TPSA) is 188 Å². The van der Waals surface area contributed by atoms with Crippen LogP contribution in [-0.4, -0.2) is 127 Å². The van der Waals surface area contributed by atoms with Gasteiger partial charge in [-0.25, -0.2) is 9.97 Å². The molecular formula is C16H26N4O8. The Hall–Kier alpha value is -2.22. The Balaban J connectivity index is 2.95. The summed E-state index contributed by atoms with van der Waals surface area (Å²) in [7, 11) is 2.61. The Bertz CT molecular complexity index is 589. The number of hydrogen-bond donors (Lipinski definition) is 6. The van der Waals surface area contributed by atoms with E-state index in [1.54, 1.807) is 0 Å². The molecule has 4 unspecified atom stereocenters. The molecule has 0 bridgehead atoms. The molecule has 0 saturated carbocycles. The third-order valence-electron chi connectivity index (χ3n) is 4.36. The lowest BCUT2D eigenvalue weighted by Crippen LogP contribution is -2.49. The molecule has 1 heterocycles. The van der Waals surface area contributed by atoms with Crippen LogP contribution >= 0.6 is 0 Å². The van der Waals surface area contributed by atoms with Crippen LogP contribution in [0.5, 0.6) is 0 Å². The van der Waals surface area contributed by atoms with E-state index in [0.717, 1.165) is 22.2 Å². The van der Waals surface area contributed by atoms with Gasteiger partial charge in [0.25, 0.3) is 11.8 Å². The highest BCUT2D eigenvalue weighted by atomic mass is 16.3. The highest BCUT2D eigenvalue weighted by molar-refractivity contribution is 5.94. The van der Waals surface area contributed by atoms with Gasteiger partial charge in [0.1, 0.15) is 11.4 Å². The quantitative estimate of drug-likeness (QED) is 0.225. The van der Waals surface area contributed by atoms with Gasteiger partial charge in [-0.3, -0.25) is 9.59 Å². The Kier molecular flexibility index (Phi) is 9.31. The van der Waals surface area contributed by atoms with E-state index in [0.29, 0.717) is 0 Å². The number of carbonyl (C=O) groups excluding carboxylic acids is 2. The van der Waals surface area contributed by atoms with Crippen molar-refractivity contribution in [2.75, 3.05) is 40.5 Å². The maximum absolute atomic E-state index is 12.4. The molecule has 6 N–H and O–H groups in total. The maximum atomic E-state index is 12.4. The van der Waals surface area contributed by atoms with Crippen molar-refractivity contribution in [2.24, 2.45) is 0 Å². The first-order chi connectivity index (χ1) is 13.2. The number of aliphatic hydroxyl groups is 6. The summed E-state index contributed by atoms with van der Waals surface area (Å²) in [6.45, 7) is -2.48. The highest BCUT2D eigenvalue weighted by Crippen LogP contribution is 2.10. The fourth-order valence-corrected chi connectivity index (χ4v) is 2.46. The van der Waals surface area contributed by atoms with Crippen LogP contribution in [0.2, 0.25) is 0 Å². The van der Waals surface area contributed by atoms with Gasteiger partial charge in [-0.05, 0) is 0 Å². The minimum Gasteiger partial charge on any atom is -0.394 e. The summed E-state index contributed by atoms with van der Waals surface area (Å²) in [5.74, 6) is -1.40.